The van der Waals surface area contributed by atoms with Crippen molar-refractivity contribution in [2.45, 2.75) is 12.1 Å². The van der Waals surface area contributed by atoms with Gasteiger partial charge in [-0.05, 0) is 18.2 Å². The van der Waals surface area contributed by atoms with Crippen LogP contribution in [0.3, 0.4) is 0 Å². The van der Waals surface area contributed by atoms with Crippen molar-refractivity contribution in [1.29, 1.82) is 0 Å². The molecule has 0 bridgehead atoms. The van der Waals surface area contributed by atoms with Crippen LogP contribution in [0.1, 0.15) is 6.04 Å². The molecule has 9 nitrogen and oxygen atoms in total. The van der Waals surface area contributed by atoms with Crippen LogP contribution >= 0.6 is 0 Å². The monoisotopic (exact) mass is 395 g/mol. The largest absolute Gasteiger partial charge is 0.497 e. The van der Waals surface area contributed by atoms with E-state index >= 15 is 0 Å². The molecule has 1 saturated heterocycles. The molecule has 0 amide bonds. The summed E-state index contributed by atoms with van der Waals surface area (Å²) in [5.41, 5.74) is 0.986. The molecule has 3 aromatic rings. The van der Waals surface area contributed by atoms with E-state index < -0.39 is 0 Å². The maximum atomic E-state index is 12.5. The van der Waals surface area contributed by atoms with Crippen LogP contribution in [0.4, 0.5) is 5.82 Å². The highest BCUT2D eigenvalue weighted by Crippen LogP contribution is 2.24. The molecule has 1 N–H and O–H groups in total. The number of rotatable bonds is 5. The molecular weight excluding hydrogens is 374 g/mol. The highest BCUT2D eigenvalue weighted by Gasteiger charge is 2.32. The number of aromatic nitrogens is 4. The molecule has 3 heterocycles. The Morgan fingerprint density at radius 3 is 2.90 bits per heavy atom. The summed E-state index contributed by atoms with van der Waals surface area (Å²) in [6.45, 7) is 0.640. The number of nitrogens with zero attached hydrogens (tertiary/aromatic N) is 4. The van der Waals surface area contributed by atoms with Gasteiger partial charge in [0.05, 0.1) is 32.1 Å². The molecular formula is C20H21N5O4. The average molecular weight is 395 g/mol. The highest BCUT2D eigenvalue weighted by atomic mass is 16.5. The Balaban J connectivity index is 1.67. The van der Waals surface area contributed by atoms with Crippen LogP contribution in [0.15, 0.2) is 58.4 Å². The number of benzene rings is 1. The summed E-state index contributed by atoms with van der Waals surface area (Å²) in [6.07, 6.45) is 3.13. The molecule has 0 saturated carbocycles. The van der Waals surface area contributed by atoms with Gasteiger partial charge in [-0.3, -0.25) is 9.59 Å². The Labute approximate surface area is 166 Å². The minimum atomic E-state index is -0.375. The quantitative estimate of drug-likeness (QED) is 0.690. The summed E-state index contributed by atoms with van der Waals surface area (Å²) in [5, 5.41) is 7.67. The zero-order valence-corrected chi connectivity index (χ0v) is 16.1. The third-order valence-electron chi connectivity index (χ3n) is 4.89. The molecule has 1 aromatic carbocycles. The third-order valence-corrected chi connectivity index (χ3v) is 4.89. The lowest BCUT2D eigenvalue weighted by Gasteiger charge is -2.21. The van der Waals surface area contributed by atoms with Gasteiger partial charge in [0.1, 0.15) is 11.8 Å². The molecule has 2 unspecified atom stereocenters. The summed E-state index contributed by atoms with van der Waals surface area (Å²) in [4.78, 5) is 28.9. The molecule has 0 radical (unpaired) electrons. The van der Waals surface area contributed by atoms with Gasteiger partial charge in [-0.25, -0.2) is 9.67 Å². The number of hydrogen-bond acceptors (Lipinski definition) is 7. The van der Waals surface area contributed by atoms with Crippen LogP contribution in [-0.2, 0) is 11.8 Å². The molecule has 0 aliphatic carbocycles. The third kappa shape index (κ3) is 3.77. The van der Waals surface area contributed by atoms with E-state index in [1.165, 1.54) is 15.3 Å². The Bertz CT molecular complexity index is 1140. The van der Waals surface area contributed by atoms with Gasteiger partial charge < -0.3 is 19.4 Å². The fraction of sp³-hybridized carbons (Fsp3) is 0.300. The molecule has 1 aliphatic rings. The number of ether oxygens (including phenoxy) is 2. The van der Waals surface area contributed by atoms with Crippen molar-refractivity contribution in [2.75, 3.05) is 25.6 Å². The van der Waals surface area contributed by atoms with Gasteiger partial charge in [0.15, 0.2) is 5.82 Å². The first-order chi connectivity index (χ1) is 14.1. The van der Waals surface area contributed by atoms with Crippen molar-refractivity contribution in [3.63, 3.8) is 0 Å². The van der Waals surface area contributed by atoms with E-state index in [4.69, 9.17) is 9.47 Å². The van der Waals surface area contributed by atoms with E-state index in [9.17, 15) is 9.59 Å². The minimum Gasteiger partial charge on any atom is -0.497 e. The van der Waals surface area contributed by atoms with Gasteiger partial charge in [-0.1, -0.05) is 12.1 Å². The first kappa shape index (κ1) is 18.9. The summed E-state index contributed by atoms with van der Waals surface area (Å²) in [7, 11) is 3.25. The molecule has 2 aromatic heterocycles. The maximum Gasteiger partial charge on any atom is 0.293 e. The zero-order chi connectivity index (χ0) is 20.4. The number of nitrogens with one attached hydrogen (secondary N) is 1. The highest BCUT2D eigenvalue weighted by molar-refractivity contribution is 5.60. The van der Waals surface area contributed by atoms with E-state index in [1.807, 2.05) is 24.3 Å². The fourth-order valence-corrected chi connectivity index (χ4v) is 3.29. The summed E-state index contributed by atoms with van der Waals surface area (Å²) in [6, 6.07) is 9.94. The lowest BCUT2D eigenvalue weighted by Crippen LogP contribution is -2.39. The lowest BCUT2D eigenvalue weighted by molar-refractivity contribution is 0.183. The summed E-state index contributed by atoms with van der Waals surface area (Å²) >= 11 is 0. The number of aryl methyl sites for hydroxylation is 1. The molecule has 1 aliphatic heterocycles. The Hall–Kier alpha value is -3.46. The van der Waals surface area contributed by atoms with Crippen molar-refractivity contribution in [3.05, 3.63) is 69.5 Å². The van der Waals surface area contributed by atoms with Crippen molar-refractivity contribution in [3.8, 4) is 17.0 Å². The first-order valence-electron chi connectivity index (χ1n) is 9.17. The topological polar surface area (TPSA) is 100 Å². The van der Waals surface area contributed by atoms with Crippen molar-refractivity contribution in [2.24, 2.45) is 7.05 Å². The van der Waals surface area contributed by atoms with Gasteiger partial charge in [0, 0.05) is 31.1 Å². The van der Waals surface area contributed by atoms with Crippen LogP contribution in [0.2, 0.25) is 0 Å². The molecule has 0 spiro atoms. The van der Waals surface area contributed by atoms with Crippen molar-refractivity contribution < 1.29 is 9.47 Å². The number of hydrogen-bond donors (Lipinski definition) is 1. The van der Waals surface area contributed by atoms with Crippen molar-refractivity contribution in [1.82, 2.24) is 19.3 Å². The first-order valence-corrected chi connectivity index (χ1v) is 9.17. The molecule has 4 rings (SSSR count). The Morgan fingerprint density at radius 2 is 2.07 bits per heavy atom. The van der Waals surface area contributed by atoms with Crippen molar-refractivity contribution >= 4 is 5.82 Å². The van der Waals surface area contributed by atoms with E-state index in [1.54, 1.807) is 32.6 Å². The van der Waals surface area contributed by atoms with Gasteiger partial charge in [0.25, 0.3) is 11.1 Å². The minimum absolute atomic E-state index is 0.215. The second kappa shape index (κ2) is 7.88. The standard InChI is InChI=1S/C20H21N5O4/c1-24-9-8-21-19(20(24)27)22-16-11-29-12-17(16)25-18(26)7-6-15(23-25)13-4-3-5-14(10-13)28-2/h3-10,16-17H,11-12H2,1-2H3,(H,21,22). The van der Waals surface area contributed by atoms with Gasteiger partial charge >= 0.3 is 0 Å². The zero-order valence-electron chi connectivity index (χ0n) is 16.1. The second-order valence-electron chi connectivity index (χ2n) is 6.78. The second-order valence-corrected chi connectivity index (χ2v) is 6.78. The van der Waals surface area contributed by atoms with Gasteiger partial charge in [-0.2, -0.15) is 5.10 Å². The lowest BCUT2D eigenvalue weighted by atomic mass is 10.1. The number of anilines is 1. The smallest absolute Gasteiger partial charge is 0.293 e. The van der Waals surface area contributed by atoms with E-state index in [-0.39, 0.29) is 29.0 Å². The molecule has 9 heteroatoms. The SMILES string of the molecule is COc1cccc(-c2ccc(=O)n(C3COCC3Nc3nccn(C)c3=O)n2)c1. The Morgan fingerprint density at radius 1 is 1.21 bits per heavy atom. The van der Waals surface area contributed by atoms with Crippen LogP contribution in [0, 0.1) is 0 Å². The maximum absolute atomic E-state index is 12.5. The molecule has 2 atom stereocenters. The van der Waals surface area contributed by atoms with Crippen LogP contribution in [0.25, 0.3) is 11.3 Å². The van der Waals surface area contributed by atoms with Gasteiger partial charge in [-0.15, -0.1) is 0 Å². The van der Waals surface area contributed by atoms with E-state index in [0.29, 0.717) is 24.7 Å². The normalized spacial score (nSPS) is 18.6. The summed E-state index contributed by atoms with van der Waals surface area (Å²) < 4.78 is 13.7. The predicted molar refractivity (Wildman–Crippen MR) is 107 cm³/mol. The van der Waals surface area contributed by atoms with Crippen LogP contribution in [0.5, 0.6) is 5.75 Å². The average Bonchev–Trinajstić information content (AvgIpc) is 3.20. The van der Waals surface area contributed by atoms with Gasteiger partial charge in [0.2, 0.25) is 0 Å². The predicted octanol–water partition coefficient (Wildman–Crippen LogP) is 1.06. The van der Waals surface area contributed by atoms with E-state index in [2.05, 4.69) is 15.4 Å². The van der Waals surface area contributed by atoms with E-state index in [0.717, 1.165) is 5.56 Å². The Kier molecular flexibility index (Phi) is 5.13. The number of methoxy groups -OCH3 is 1. The molecule has 1 fully saturated rings. The van der Waals surface area contributed by atoms with Crippen LogP contribution < -0.4 is 21.2 Å². The molecule has 29 heavy (non-hydrogen) atoms. The van der Waals surface area contributed by atoms with Crippen LogP contribution in [-0.4, -0.2) is 45.7 Å². The summed E-state index contributed by atoms with van der Waals surface area (Å²) in [5.74, 6) is 0.921. The fourth-order valence-electron chi connectivity index (χ4n) is 3.29. The molecule has 150 valence electrons.